The molecule has 2 aromatic rings. The Morgan fingerprint density at radius 2 is 1.68 bits per heavy atom. The van der Waals surface area contributed by atoms with E-state index in [0.717, 1.165) is 19.3 Å². The van der Waals surface area contributed by atoms with Gasteiger partial charge in [0.25, 0.3) is 0 Å². The number of hydrogen-bond acceptors (Lipinski definition) is 2. The van der Waals surface area contributed by atoms with Crippen molar-refractivity contribution in [2.24, 2.45) is 5.73 Å². The minimum atomic E-state index is 0.444. The molecule has 0 spiro atoms. The number of rotatable bonds is 6. The summed E-state index contributed by atoms with van der Waals surface area (Å²) < 4.78 is 0. The van der Waals surface area contributed by atoms with E-state index in [0.29, 0.717) is 5.88 Å². The first-order valence-electron chi connectivity index (χ1n) is 8.88. The van der Waals surface area contributed by atoms with E-state index in [1.54, 1.807) is 0 Å². The van der Waals surface area contributed by atoms with Crippen LogP contribution in [-0.2, 0) is 12.8 Å². The van der Waals surface area contributed by atoms with Crippen LogP contribution in [0.2, 0.25) is 0 Å². The van der Waals surface area contributed by atoms with Crippen LogP contribution >= 0.6 is 12.6 Å². The van der Waals surface area contributed by atoms with E-state index in [1.807, 2.05) is 0 Å². The monoisotopic (exact) mass is 353 g/mol. The fourth-order valence-corrected chi connectivity index (χ4v) is 2.68. The van der Waals surface area contributed by atoms with Crippen LogP contribution in [0.15, 0.2) is 66.8 Å². The van der Waals surface area contributed by atoms with Gasteiger partial charge in [-0.25, -0.2) is 0 Å². The van der Waals surface area contributed by atoms with Crippen LogP contribution in [0.25, 0.3) is 5.57 Å². The molecule has 25 heavy (non-hydrogen) atoms. The summed E-state index contributed by atoms with van der Waals surface area (Å²) in [7, 11) is 0. The molecule has 134 valence electrons. The molecule has 0 aliphatic heterocycles. The van der Waals surface area contributed by atoms with E-state index in [4.69, 9.17) is 5.73 Å². The third-order valence-corrected chi connectivity index (χ3v) is 4.01. The van der Waals surface area contributed by atoms with Crippen LogP contribution in [-0.4, -0.2) is 5.88 Å². The van der Waals surface area contributed by atoms with Crippen molar-refractivity contribution in [1.82, 2.24) is 0 Å². The van der Waals surface area contributed by atoms with Gasteiger partial charge in [0.15, 0.2) is 0 Å². The summed E-state index contributed by atoms with van der Waals surface area (Å²) in [5.74, 6) is 0.444. The van der Waals surface area contributed by atoms with Crippen LogP contribution in [0.5, 0.6) is 0 Å². The molecule has 0 bridgehead atoms. The maximum atomic E-state index is 4.71. The molecule has 0 fully saturated rings. The highest BCUT2D eigenvalue weighted by Gasteiger charge is 2.02. The summed E-state index contributed by atoms with van der Waals surface area (Å²) in [6.45, 7) is 10.8. The highest BCUT2D eigenvalue weighted by Crippen LogP contribution is 2.21. The quantitative estimate of drug-likeness (QED) is 0.373. The minimum absolute atomic E-state index is 0.444. The summed E-state index contributed by atoms with van der Waals surface area (Å²) >= 11 is 3.57. The van der Waals surface area contributed by atoms with E-state index >= 15 is 0 Å². The zero-order valence-corrected chi connectivity index (χ0v) is 16.7. The van der Waals surface area contributed by atoms with Crippen LogP contribution in [0.3, 0.4) is 0 Å². The van der Waals surface area contributed by atoms with Gasteiger partial charge < -0.3 is 5.73 Å². The van der Waals surface area contributed by atoms with Gasteiger partial charge in [0.1, 0.15) is 0 Å². The van der Waals surface area contributed by atoms with E-state index < -0.39 is 0 Å². The average Bonchev–Trinajstić information content (AvgIpc) is 2.61. The second-order valence-electron chi connectivity index (χ2n) is 6.08. The predicted octanol–water partition coefficient (Wildman–Crippen LogP) is 5.98. The number of aryl methyl sites for hydroxylation is 2. The van der Waals surface area contributed by atoms with Crippen LogP contribution < -0.4 is 5.73 Å². The lowest BCUT2D eigenvalue weighted by atomic mass is 9.97. The van der Waals surface area contributed by atoms with Gasteiger partial charge in [-0.2, -0.15) is 12.6 Å². The third kappa shape index (κ3) is 7.76. The summed E-state index contributed by atoms with van der Waals surface area (Å²) in [5.41, 5.74) is 12.6. The van der Waals surface area contributed by atoms with Gasteiger partial charge in [0, 0.05) is 5.88 Å². The third-order valence-electron chi connectivity index (χ3n) is 4.01. The fraction of sp³-hybridized carbons (Fsp3) is 0.304. The lowest BCUT2D eigenvalue weighted by molar-refractivity contribution is 1.11. The number of hydrogen-bond donors (Lipinski definition) is 2. The number of nitrogens with two attached hydrogens (primary N) is 1. The first kappa shape index (κ1) is 21.3. The maximum absolute atomic E-state index is 4.71. The Balaban J connectivity index is 0.000000970. The van der Waals surface area contributed by atoms with Gasteiger partial charge in [0.2, 0.25) is 0 Å². The molecular formula is C23H31NS. The summed E-state index contributed by atoms with van der Waals surface area (Å²) in [6.07, 6.45) is 5.28. The molecule has 0 saturated heterocycles. The first-order chi connectivity index (χ1) is 12.0. The van der Waals surface area contributed by atoms with Gasteiger partial charge in [-0.15, -0.1) is 0 Å². The van der Waals surface area contributed by atoms with Gasteiger partial charge in [-0.1, -0.05) is 86.2 Å². The molecule has 0 radical (unpaired) electrons. The van der Waals surface area contributed by atoms with Crippen molar-refractivity contribution < 1.29 is 0 Å². The van der Waals surface area contributed by atoms with Crippen molar-refractivity contribution in [1.29, 1.82) is 0 Å². The Labute approximate surface area is 159 Å². The lowest BCUT2D eigenvalue weighted by Gasteiger charge is -2.09. The van der Waals surface area contributed by atoms with Gasteiger partial charge >= 0.3 is 0 Å². The standard InChI is InChI=1S/C22H26.CH5NS/c1-5-19-8-7-9-20(16-19)14-18(4)15-21(6-2)22-12-10-17(3)11-13-22;2-1-3/h7-13,15-16H,4-6,14H2,1-3H3;3H,1-2H2/b21-15+;. The fourth-order valence-electron chi connectivity index (χ4n) is 2.68. The highest BCUT2D eigenvalue weighted by molar-refractivity contribution is 7.80. The van der Waals surface area contributed by atoms with Crippen LogP contribution in [0.1, 0.15) is 42.5 Å². The van der Waals surface area contributed by atoms with Crippen molar-refractivity contribution in [2.45, 2.75) is 40.0 Å². The molecule has 0 heterocycles. The average molecular weight is 354 g/mol. The van der Waals surface area contributed by atoms with Crippen molar-refractivity contribution in [3.63, 3.8) is 0 Å². The molecule has 0 atom stereocenters. The Hall–Kier alpha value is -1.77. The molecule has 2 heteroatoms. The van der Waals surface area contributed by atoms with Crippen molar-refractivity contribution in [3.8, 4) is 0 Å². The van der Waals surface area contributed by atoms with Gasteiger partial charge in [0.05, 0.1) is 0 Å². The summed E-state index contributed by atoms with van der Waals surface area (Å²) in [6, 6.07) is 17.6. The molecule has 2 rings (SSSR count). The Morgan fingerprint density at radius 1 is 1.08 bits per heavy atom. The molecule has 1 nitrogen and oxygen atoms in total. The van der Waals surface area contributed by atoms with E-state index in [1.165, 1.54) is 33.4 Å². The normalized spacial score (nSPS) is 10.8. The zero-order chi connectivity index (χ0) is 18.7. The number of allylic oxidation sites excluding steroid dienone is 3. The molecule has 0 aromatic heterocycles. The largest absolute Gasteiger partial charge is 0.322 e. The highest BCUT2D eigenvalue weighted by atomic mass is 32.1. The maximum Gasteiger partial charge on any atom is 0.0362 e. The van der Waals surface area contributed by atoms with E-state index in [2.05, 4.69) is 94.6 Å². The Kier molecular flexibility index (Phi) is 9.98. The number of benzene rings is 2. The van der Waals surface area contributed by atoms with Crippen molar-refractivity contribution >= 4 is 18.2 Å². The van der Waals surface area contributed by atoms with Gasteiger partial charge in [-0.05, 0) is 48.4 Å². The summed E-state index contributed by atoms with van der Waals surface area (Å²) in [5, 5.41) is 0. The van der Waals surface area contributed by atoms with Crippen LogP contribution in [0, 0.1) is 6.92 Å². The second kappa shape index (κ2) is 11.7. The smallest absolute Gasteiger partial charge is 0.0362 e. The minimum Gasteiger partial charge on any atom is -0.322 e. The summed E-state index contributed by atoms with van der Waals surface area (Å²) in [4.78, 5) is 0. The molecule has 0 aliphatic rings. The van der Waals surface area contributed by atoms with Crippen LogP contribution in [0.4, 0.5) is 0 Å². The molecule has 2 aromatic carbocycles. The number of thiol groups is 1. The zero-order valence-electron chi connectivity index (χ0n) is 15.8. The van der Waals surface area contributed by atoms with Gasteiger partial charge in [-0.3, -0.25) is 0 Å². The topological polar surface area (TPSA) is 26.0 Å². The molecular weight excluding hydrogens is 322 g/mol. The first-order valence-corrected chi connectivity index (χ1v) is 9.51. The molecule has 0 saturated carbocycles. The second-order valence-corrected chi connectivity index (χ2v) is 6.45. The molecule has 0 unspecified atom stereocenters. The van der Waals surface area contributed by atoms with Crippen molar-refractivity contribution in [3.05, 3.63) is 89.0 Å². The molecule has 0 amide bonds. The Morgan fingerprint density at radius 3 is 2.24 bits per heavy atom. The predicted molar refractivity (Wildman–Crippen MR) is 116 cm³/mol. The lowest BCUT2D eigenvalue weighted by Crippen LogP contribution is -1.91. The molecule has 0 aliphatic carbocycles. The Bertz CT molecular complexity index is 683. The SMILES string of the molecule is C=C(/C=C(\CC)c1ccc(C)cc1)Cc1cccc(CC)c1.NCS. The van der Waals surface area contributed by atoms with E-state index in [9.17, 15) is 0 Å². The van der Waals surface area contributed by atoms with Crippen molar-refractivity contribution in [2.75, 3.05) is 5.88 Å². The van der Waals surface area contributed by atoms with E-state index in [-0.39, 0.29) is 0 Å². The molecule has 2 N–H and O–H groups in total.